The monoisotopic (exact) mass is 628 g/mol. The van der Waals surface area contributed by atoms with Gasteiger partial charge in [-0.3, -0.25) is 4.79 Å². The number of nitrogens with zero attached hydrogens (tertiary/aromatic N) is 2. The van der Waals surface area contributed by atoms with Crippen LogP contribution in [-0.4, -0.2) is 82.9 Å². The largest absolute Gasteiger partial charge is 0.492 e. The van der Waals surface area contributed by atoms with E-state index in [4.69, 9.17) is 9.47 Å². The number of carbonyl (C=O) groups is 1. The van der Waals surface area contributed by atoms with E-state index in [9.17, 15) is 13.2 Å². The zero-order chi connectivity index (χ0) is 32.0. The number of sulfonamides is 1. The van der Waals surface area contributed by atoms with Gasteiger partial charge in [-0.05, 0) is 70.2 Å². The molecule has 44 heavy (non-hydrogen) atoms. The van der Waals surface area contributed by atoms with Crippen LogP contribution in [0.15, 0.2) is 59.6 Å². The number of hydrogen-bond acceptors (Lipinski definition) is 11. The second-order valence-electron chi connectivity index (χ2n) is 10.9. The standard InChI is InChI=1S/C30H44N8O5S/c1-22-20-34-29(37-28(22)35-24-7-6-8-26(19-24)44(40,41)38-30(2,3)4)36-23-9-11-25(12-10-23)43-18-15-32-13-16-42-17-14-33-21-27(39)31-5/h6-12,19-20,32-33,38H,13-18,21H2,1-5H3,(H,31,39)(H2,34,35,36,37). The van der Waals surface area contributed by atoms with Crippen molar-refractivity contribution in [2.45, 2.75) is 38.1 Å². The number of amides is 1. The summed E-state index contributed by atoms with van der Waals surface area (Å²) in [7, 11) is -2.07. The SMILES string of the molecule is CNC(=O)CNCCOCCNCCOc1ccc(Nc2ncc(C)c(Nc3cccc(S(=O)(=O)NC(C)(C)C)c3)n2)cc1. The number of rotatable bonds is 18. The third kappa shape index (κ3) is 12.4. The highest BCUT2D eigenvalue weighted by Gasteiger charge is 2.22. The van der Waals surface area contributed by atoms with Crippen LogP contribution >= 0.6 is 0 Å². The minimum atomic E-state index is -3.68. The van der Waals surface area contributed by atoms with E-state index in [1.165, 1.54) is 0 Å². The van der Waals surface area contributed by atoms with Gasteiger partial charge in [-0.25, -0.2) is 18.1 Å². The highest BCUT2D eigenvalue weighted by molar-refractivity contribution is 7.89. The van der Waals surface area contributed by atoms with Crippen molar-refractivity contribution in [3.8, 4) is 5.75 Å². The smallest absolute Gasteiger partial charge is 0.241 e. The van der Waals surface area contributed by atoms with Crippen LogP contribution in [0, 0.1) is 6.92 Å². The van der Waals surface area contributed by atoms with Crippen LogP contribution in [0.4, 0.5) is 23.1 Å². The van der Waals surface area contributed by atoms with Crippen LogP contribution in [0.1, 0.15) is 26.3 Å². The van der Waals surface area contributed by atoms with Crippen LogP contribution in [-0.2, 0) is 19.6 Å². The first-order chi connectivity index (χ1) is 20.9. The zero-order valence-corrected chi connectivity index (χ0v) is 26.8. The second kappa shape index (κ2) is 16.9. The first-order valence-electron chi connectivity index (χ1n) is 14.4. The van der Waals surface area contributed by atoms with E-state index in [0.717, 1.165) is 17.0 Å². The van der Waals surface area contributed by atoms with Gasteiger partial charge in [0.2, 0.25) is 21.9 Å². The van der Waals surface area contributed by atoms with Gasteiger partial charge in [-0.2, -0.15) is 4.98 Å². The summed E-state index contributed by atoms with van der Waals surface area (Å²) >= 11 is 0. The highest BCUT2D eigenvalue weighted by Crippen LogP contribution is 2.24. The minimum absolute atomic E-state index is 0.0497. The third-order valence-electron chi connectivity index (χ3n) is 5.89. The number of hydrogen-bond donors (Lipinski definition) is 6. The summed E-state index contributed by atoms with van der Waals surface area (Å²) in [5.41, 5.74) is 1.58. The molecule has 0 saturated carbocycles. The fraction of sp³-hybridized carbons (Fsp3) is 0.433. The van der Waals surface area contributed by atoms with Crippen molar-refractivity contribution in [1.82, 2.24) is 30.6 Å². The van der Waals surface area contributed by atoms with E-state index < -0.39 is 15.6 Å². The third-order valence-corrected chi connectivity index (χ3v) is 7.64. The second-order valence-corrected chi connectivity index (χ2v) is 12.6. The molecule has 0 unspecified atom stereocenters. The molecule has 1 amide bonds. The highest BCUT2D eigenvalue weighted by atomic mass is 32.2. The maximum absolute atomic E-state index is 12.8. The average Bonchev–Trinajstić information content (AvgIpc) is 2.97. The molecule has 0 aliphatic heterocycles. The number of aryl methyl sites for hydroxylation is 1. The molecule has 13 nitrogen and oxygen atoms in total. The summed E-state index contributed by atoms with van der Waals surface area (Å²) < 4.78 is 39.5. The maximum atomic E-state index is 12.8. The summed E-state index contributed by atoms with van der Waals surface area (Å²) in [6.07, 6.45) is 1.69. The van der Waals surface area contributed by atoms with Crippen molar-refractivity contribution in [2.24, 2.45) is 0 Å². The fourth-order valence-electron chi connectivity index (χ4n) is 3.78. The first-order valence-corrected chi connectivity index (χ1v) is 15.9. The average molecular weight is 629 g/mol. The van der Waals surface area contributed by atoms with E-state index in [-0.39, 0.29) is 17.3 Å². The van der Waals surface area contributed by atoms with Gasteiger partial charge in [0.15, 0.2) is 0 Å². The molecule has 0 fully saturated rings. The quantitative estimate of drug-likeness (QED) is 0.115. The van der Waals surface area contributed by atoms with E-state index in [1.807, 2.05) is 31.2 Å². The number of benzene rings is 2. The van der Waals surface area contributed by atoms with Crippen molar-refractivity contribution < 1.29 is 22.7 Å². The molecule has 0 spiro atoms. The van der Waals surface area contributed by atoms with E-state index >= 15 is 0 Å². The Morgan fingerprint density at radius 2 is 1.61 bits per heavy atom. The number of carbonyl (C=O) groups excluding carboxylic acids is 1. The molecule has 0 bridgehead atoms. The molecule has 1 aromatic heterocycles. The van der Waals surface area contributed by atoms with Crippen molar-refractivity contribution >= 4 is 39.1 Å². The molecule has 3 aromatic rings. The molecule has 0 radical (unpaired) electrons. The molecule has 0 aliphatic rings. The molecule has 2 aromatic carbocycles. The maximum Gasteiger partial charge on any atom is 0.241 e. The summed E-state index contributed by atoms with van der Waals surface area (Å²) in [5.74, 6) is 1.63. The number of aromatic nitrogens is 2. The predicted octanol–water partition coefficient (Wildman–Crippen LogP) is 2.67. The van der Waals surface area contributed by atoms with Crippen LogP contribution in [0.25, 0.3) is 0 Å². The van der Waals surface area contributed by atoms with E-state index in [0.29, 0.717) is 56.9 Å². The molecular formula is C30H44N8O5S. The molecule has 0 atom stereocenters. The lowest BCUT2D eigenvalue weighted by molar-refractivity contribution is -0.119. The molecule has 6 N–H and O–H groups in total. The van der Waals surface area contributed by atoms with Gasteiger partial charge in [0.05, 0.1) is 24.7 Å². The van der Waals surface area contributed by atoms with Crippen molar-refractivity contribution in [1.29, 1.82) is 0 Å². The number of anilines is 4. The van der Waals surface area contributed by atoms with Crippen LogP contribution in [0.5, 0.6) is 5.75 Å². The fourth-order valence-corrected chi connectivity index (χ4v) is 5.24. The summed E-state index contributed by atoms with van der Waals surface area (Å²) in [5, 5.41) is 15.2. The lowest BCUT2D eigenvalue weighted by Gasteiger charge is -2.20. The van der Waals surface area contributed by atoms with Gasteiger partial charge in [0, 0.05) is 55.4 Å². The minimum Gasteiger partial charge on any atom is -0.492 e. The number of ether oxygens (including phenoxy) is 2. The number of likely N-dealkylation sites (N-methyl/N-ethyl adjacent to an activating group) is 1. The van der Waals surface area contributed by atoms with Gasteiger partial charge in [-0.1, -0.05) is 6.07 Å². The molecule has 3 rings (SSSR count). The molecule has 14 heteroatoms. The summed E-state index contributed by atoms with van der Waals surface area (Å²) in [6.45, 7) is 11.2. The first kappa shape index (κ1) is 34.7. The Hall–Kier alpha value is -3.82. The Morgan fingerprint density at radius 3 is 2.32 bits per heavy atom. The van der Waals surface area contributed by atoms with Crippen molar-refractivity contribution in [3.05, 3.63) is 60.3 Å². The van der Waals surface area contributed by atoms with Crippen molar-refractivity contribution in [3.63, 3.8) is 0 Å². The van der Waals surface area contributed by atoms with Gasteiger partial charge < -0.3 is 36.1 Å². The van der Waals surface area contributed by atoms with Gasteiger partial charge in [0.25, 0.3) is 0 Å². The van der Waals surface area contributed by atoms with E-state index in [2.05, 4.69) is 41.3 Å². The Balaban J connectivity index is 1.43. The Morgan fingerprint density at radius 1 is 0.909 bits per heavy atom. The topological polar surface area (TPSA) is 168 Å². The van der Waals surface area contributed by atoms with Crippen LogP contribution in [0.2, 0.25) is 0 Å². The zero-order valence-electron chi connectivity index (χ0n) is 26.0. The number of nitrogens with one attached hydrogen (secondary N) is 6. The summed E-state index contributed by atoms with van der Waals surface area (Å²) in [6, 6.07) is 14.1. The Kier molecular flexibility index (Phi) is 13.3. The van der Waals surface area contributed by atoms with E-state index in [1.54, 1.807) is 58.3 Å². The van der Waals surface area contributed by atoms with Gasteiger partial charge in [0.1, 0.15) is 18.2 Å². The lowest BCUT2D eigenvalue weighted by atomic mass is 10.1. The van der Waals surface area contributed by atoms with Gasteiger partial charge >= 0.3 is 0 Å². The van der Waals surface area contributed by atoms with Crippen LogP contribution in [0.3, 0.4) is 0 Å². The summed E-state index contributed by atoms with van der Waals surface area (Å²) in [4.78, 5) is 20.2. The molecule has 0 aliphatic carbocycles. The molecular weight excluding hydrogens is 584 g/mol. The van der Waals surface area contributed by atoms with Gasteiger partial charge in [-0.15, -0.1) is 0 Å². The Labute approximate surface area is 260 Å². The van der Waals surface area contributed by atoms with Crippen molar-refractivity contribution in [2.75, 3.05) is 63.7 Å². The lowest BCUT2D eigenvalue weighted by Crippen LogP contribution is -2.40. The molecule has 0 saturated heterocycles. The molecule has 240 valence electrons. The van der Waals surface area contributed by atoms with Crippen LogP contribution < -0.4 is 36.0 Å². The predicted molar refractivity (Wildman–Crippen MR) is 172 cm³/mol. The Bertz CT molecular complexity index is 1450. The normalized spacial score (nSPS) is 11.7. The molecule has 1 heterocycles.